The van der Waals surface area contributed by atoms with Gasteiger partial charge in [0.1, 0.15) is 5.76 Å². The van der Waals surface area contributed by atoms with Gasteiger partial charge in [-0.2, -0.15) is 0 Å². The lowest BCUT2D eigenvalue weighted by Gasteiger charge is -2.21. The van der Waals surface area contributed by atoms with Crippen LogP contribution in [0, 0.1) is 0 Å². The smallest absolute Gasteiger partial charge is 0.324 e. The first-order chi connectivity index (χ1) is 8.59. The summed E-state index contributed by atoms with van der Waals surface area (Å²) >= 11 is 0. The van der Waals surface area contributed by atoms with Crippen molar-refractivity contribution in [3.8, 4) is 0 Å². The fourth-order valence-corrected chi connectivity index (χ4v) is 1.98. The van der Waals surface area contributed by atoms with Gasteiger partial charge in [-0.3, -0.25) is 15.0 Å². The number of hydrogen-bond acceptors (Lipinski definition) is 4. The number of nitrogens with one attached hydrogen (secondary N) is 2. The zero-order chi connectivity index (χ0) is 13.1. The molecule has 1 saturated heterocycles. The van der Waals surface area contributed by atoms with Gasteiger partial charge in [0.05, 0.1) is 18.3 Å². The van der Waals surface area contributed by atoms with Crippen LogP contribution in [0.3, 0.4) is 0 Å². The summed E-state index contributed by atoms with van der Waals surface area (Å²) < 4.78 is 5.26. The number of furan rings is 1. The molecule has 2 atom stereocenters. The van der Waals surface area contributed by atoms with Crippen LogP contribution in [-0.4, -0.2) is 36.0 Å². The van der Waals surface area contributed by atoms with Crippen LogP contribution < -0.4 is 10.6 Å². The highest BCUT2D eigenvalue weighted by Gasteiger charge is 2.30. The molecule has 6 heteroatoms. The molecular weight excluding hydrogens is 234 g/mol. The summed E-state index contributed by atoms with van der Waals surface area (Å²) in [6.07, 6.45) is 1.59. The number of amides is 3. The minimum absolute atomic E-state index is 0.0791. The molecule has 1 aliphatic rings. The van der Waals surface area contributed by atoms with Crippen LogP contribution >= 0.6 is 0 Å². The van der Waals surface area contributed by atoms with Crippen molar-refractivity contribution in [2.45, 2.75) is 25.9 Å². The topological polar surface area (TPSA) is 74.6 Å². The molecule has 2 rings (SSSR count). The van der Waals surface area contributed by atoms with E-state index in [0.29, 0.717) is 13.1 Å². The van der Waals surface area contributed by atoms with E-state index in [1.165, 1.54) is 4.90 Å². The number of carbonyl (C=O) groups excluding carboxylic acids is 2. The quantitative estimate of drug-likeness (QED) is 0.832. The molecule has 1 fully saturated rings. The zero-order valence-corrected chi connectivity index (χ0v) is 10.5. The van der Waals surface area contributed by atoms with E-state index in [2.05, 4.69) is 10.6 Å². The van der Waals surface area contributed by atoms with Gasteiger partial charge in [-0.15, -0.1) is 0 Å². The lowest BCUT2D eigenvalue weighted by Crippen LogP contribution is -2.46. The average molecular weight is 251 g/mol. The Morgan fingerprint density at radius 1 is 1.56 bits per heavy atom. The third kappa shape index (κ3) is 2.53. The predicted octanol–water partition coefficient (Wildman–Crippen LogP) is 0.870. The van der Waals surface area contributed by atoms with Gasteiger partial charge in [-0.25, -0.2) is 4.79 Å². The van der Waals surface area contributed by atoms with Crippen molar-refractivity contribution in [3.05, 3.63) is 24.2 Å². The van der Waals surface area contributed by atoms with Gasteiger partial charge in [0.25, 0.3) is 0 Å². The molecule has 0 aromatic carbocycles. The van der Waals surface area contributed by atoms with Crippen LogP contribution in [0.1, 0.15) is 25.6 Å². The number of rotatable bonds is 4. The Bertz CT molecular complexity index is 430. The first kappa shape index (κ1) is 12.6. The molecule has 1 aromatic heterocycles. The van der Waals surface area contributed by atoms with Crippen LogP contribution in [0.25, 0.3) is 0 Å². The first-order valence-electron chi connectivity index (χ1n) is 5.98. The van der Waals surface area contributed by atoms with Crippen molar-refractivity contribution >= 4 is 11.9 Å². The molecule has 2 N–H and O–H groups in total. The third-order valence-corrected chi connectivity index (χ3v) is 2.96. The fourth-order valence-electron chi connectivity index (χ4n) is 1.98. The predicted molar refractivity (Wildman–Crippen MR) is 64.8 cm³/mol. The summed E-state index contributed by atoms with van der Waals surface area (Å²) in [5.74, 6) is 0.545. The molecule has 0 saturated carbocycles. The average Bonchev–Trinajstić information content (AvgIpc) is 2.98. The molecule has 0 spiro atoms. The summed E-state index contributed by atoms with van der Waals surface area (Å²) in [7, 11) is 0. The lowest BCUT2D eigenvalue weighted by molar-refractivity contribution is -0.129. The Morgan fingerprint density at radius 2 is 2.33 bits per heavy atom. The maximum atomic E-state index is 12.0. The van der Waals surface area contributed by atoms with Crippen molar-refractivity contribution in [1.82, 2.24) is 15.5 Å². The van der Waals surface area contributed by atoms with Gasteiger partial charge >= 0.3 is 6.03 Å². The normalized spacial score (nSPS) is 18.6. The van der Waals surface area contributed by atoms with Crippen LogP contribution in [0.5, 0.6) is 0 Å². The van der Waals surface area contributed by atoms with E-state index in [4.69, 9.17) is 4.42 Å². The van der Waals surface area contributed by atoms with E-state index < -0.39 is 6.04 Å². The Balaban J connectivity index is 1.93. The fraction of sp³-hybridized carbons (Fsp3) is 0.500. The highest BCUT2D eigenvalue weighted by Crippen LogP contribution is 2.13. The zero-order valence-electron chi connectivity index (χ0n) is 10.5. The van der Waals surface area contributed by atoms with E-state index in [9.17, 15) is 9.59 Å². The number of carbonyl (C=O) groups is 2. The van der Waals surface area contributed by atoms with E-state index in [0.717, 1.165) is 5.76 Å². The van der Waals surface area contributed by atoms with E-state index >= 15 is 0 Å². The molecule has 98 valence electrons. The number of nitrogens with zero attached hydrogens (tertiary/aromatic N) is 1. The van der Waals surface area contributed by atoms with Crippen molar-refractivity contribution < 1.29 is 14.0 Å². The Kier molecular flexibility index (Phi) is 3.66. The second kappa shape index (κ2) is 5.22. The summed E-state index contributed by atoms with van der Waals surface area (Å²) in [5, 5.41) is 5.72. The molecular formula is C12H17N3O3. The molecule has 18 heavy (non-hydrogen) atoms. The molecule has 6 nitrogen and oxygen atoms in total. The van der Waals surface area contributed by atoms with Gasteiger partial charge in [0.15, 0.2) is 0 Å². The molecule has 0 unspecified atom stereocenters. The minimum atomic E-state index is -0.436. The summed E-state index contributed by atoms with van der Waals surface area (Å²) in [6, 6.07) is 2.81. The lowest BCUT2D eigenvalue weighted by atomic mass is 10.2. The van der Waals surface area contributed by atoms with Crippen LogP contribution in [0.2, 0.25) is 0 Å². The minimum Gasteiger partial charge on any atom is -0.468 e. The molecule has 0 radical (unpaired) electrons. The Morgan fingerprint density at radius 3 is 2.89 bits per heavy atom. The SMILES string of the molecule is C[C@H](N[C@H](C)C(=O)N1CCNC1=O)c1ccco1. The second-order valence-electron chi connectivity index (χ2n) is 4.35. The molecule has 3 amide bonds. The number of urea groups is 1. The number of hydrogen-bond donors (Lipinski definition) is 2. The summed E-state index contributed by atoms with van der Waals surface area (Å²) in [6.45, 7) is 4.60. The van der Waals surface area contributed by atoms with E-state index in [1.807, 2.05) is 13.0 Å². The van der Waals surface area contributed by atoms with Gasteiger partial charge in [-0.05, 0) is 26.0 Å². The number of imide groups is 1. The first-order valence-corrected chi connectivity index (χ1v) is 5.98. The van der Waals surface area contributed by atoms with Crippen LogP contribution in [0.15, 0.2) is 22.8 Å². The summed E-state index contributed by atoms with van der Waals surface area (Å²) in [5.41, 5.74) is 0. The standard InChI is InChI=1S/C12H17N3O3/c1-8(10-4-3-7-18-10)14-9(2)11(16)15-6-5-13-12(15)17/h3-4,7-9,14H,5-6H2,1-2H3,(H,13,17)/t8-,9+/m0/s1. The van der Waals surface area contributed by atoms with Crippen LogP contribution in [-0.2, 0) is 4.79 Å². The van der Waals surface area contributed by atoms with Crippen molar-refractivity contribution in [2.75, 3.05) is 13.1 Å². The molecule has 0 bridgehead atoms. The molecule has 0 aliphatic carbocycles. The summed E-state index contributed by atoms with van der Waals surface area (Å²) in [4.78, 5) is 24.6. The van der Waals surface area contributed by atoms with Gasteiger partial charge in [0.2, 0.25) is 5.91 Å². The largest absolute Gasteiger partial charge is 0.468 e. The van der Waals surface area contributed by atoms with Crippen molar-refractivity contribution in [3.63, 3.8) is 0 Å². The Labute approximate surface area is 105 Å². The maximum absolute atomic E-state index is 12.0. The van der Waals surface area contributed by atoms with Crippen molar-refractivity contribution in [1.29, 1.82) is 0 Å². The highest BCUT2D eigenvalue weighted by molar-refractivity contribution is 5.98. The van der Waals surface area contributed by atoms with Crippen molar-refractivity contribution in [2.24, 2.45) is 0 Å². The molecule has 1 aromatic rings. The molecule has 2 heterocycles. The van der Waals surface area contributed by atoms with E-state index in [1.54, 1.807) is 19.3 Å². The van der Waals surface area contributed by atoms with E-state index in [-0.39, 0.29) is 18.0 Å². The Hall–Kier alpha value is -1.82. The molecule has 1 aliphatic heterocycles. The third-order valence-electron chi connectivity index (χ3n) is 2.96. The van der Waals surface area contributed by atoms with Gasteiger partial charge in [-0.1, -0.05) is 0 Å². The highest BCUT2D eigenvalue weighted by atomic mass is 16.3. The van der Waals surface area contributed by atoms with Gasteiger partial charge < -0.3 is 9.73 Å². The monoisotopic (exact) mass is 251 g/mol. The second-order valence-corrected chi connectivity index (χ2v) is 4.35. The van der Waals surface area contributed by atoms with Crippen LogP contribution in [0.4, 0.5) is 4.79 Å². The van der Waals surface area contributed by atoms with Gasteiger partial charge in [0, 0.05) is 13.1 Å². The maximum Gasteiger partial charge on any atom is 0.324 e.